The van der Waals surface area contributed by atoms with Gasteiger partial charge >= 0.3 is 6.09 Å². The van der Waals surface area contributed by atoms with Gasteiger partial charge in [-0.2, -0.15) is 0 Å². The monoisotopic (exact) mass is 421 g/mol. The van der Waals surface area contributed by atoms with Crippen LogP contribution in [0.25, 0.3) is 11.1 Å². The van der Waals surface area contributed by atoms with Gasteiger partial charge in [0, 0.05) is 16.4 Å². The van der Waals surface area contributed by atoms with Gasteiger partial charge in [0.15, 0.2) is 0 Å². The van der Waals surface area contributed by atoms with E-state index >= 15 is 0 Å². The number of rotatable bonds is 5. The lowest BCUT2D eigenvalue weighted by Crippen LogP contribution is -2.36. The molecule has 23 heavy (non-hydrogen) atoms. The Morgan fingerprint density at radius 3 is 2.22 bits per heavy atom. The summed E-state index contributed by atoms with van der Waals surface area (Å²) in [5.74, 6) is 0.118. The number of fused-ring (bicyclic) bond motifs is 3. The summed E-state index contributed by atoms with van der Waals surface area (Å²) in [7, 11) is 0. The van der Waals surface area contributed by atoms with Crippen molar-refractivity contribution < 1.29 is 9.53 Å². The molecule has 1 aliphatic carbocycles. The van der Waals surface area contributed by atoms with Crippen LogP contribution in [0.1, 0.15) is 30.4 Å². The van der Waals surface area contributed by atoms with E-state index in [2.05, 4.69) is 71.2 Å². The Kier molecular flexibility index (Phi) is 5.20. The second-order valence-electron chi connectivity index (χ2n) is 5.73. The second-order valence-corrected chi connectivity index (χ2v) is 6.61. The van der Waals surface area contributed by atoms with Gasteiger partial charge in [-0.25, -0.2) is 4.79 Å². The largest absolute Gasteiger partial charge is 0.449 e. The average molecular weight is 421 g/mol. The molecule has 2 aromatic carbocycles. The molecule has 0 aromatic heterocycles. The van der Waals surface area contributed by atoms with Crippen LogP contribution in [-0.2, 0) is 4.74 Å². The summed E-state index contributed by atoms with van der Waals surface area (Å²) in [4.78, 5) is 12.0. The molecule has 2 aromatic rings. The summed E-state index contributed by atoms with van der Waals surface area (Å²) in [6, 6.07) is 16.9. The number of ether oxygens (including phenoxy) is 1. The standard InChI is InChI=1S/C19H20INO2/c1-2-13(11-20)21-19(22)23-12-18-16-9-5-3-7-14(16)15-8-4-6-10-17(15)18/h3-10,13,18H,2,11-12H2,1H3,(H,21,22)/t13-/m1/s1. The lowest BCUT2D eigenvalue weighted by Gasteiger charge is -2.17. The molecule has 120 valence electrons. The Morgan fingerprint density at radius 2 is 1.70 bits per heavy atom. The van der Waals surface area contributed by atoms with Gasteiger partial charge in [-0.15, -0.1) is 0 Å². The summed E-state index contributed by atoms with van der Waals surface area (Å²) in [5, 5.41) is 2.92. The molecule has 0 fully saturated rings. The van der Waals surface area contributed by atoms with E-state index in [0.29, 0.717) is 6.61 Å². The van der Waals surface area contributed by atoms with Crippen molar-refractivity contribution in [2.45, 2.75) is 25.3 Å². The third kappa shape index (κ3) is 3.37. The van der Waals surface area contributed by atoms with E-state index in [9.17, 15) is 4.79 Å². The van der Waals surface area contributed by atoms with Crippen LogP contribution < -0.4 is 5.32 Å². The molecule has 1 aliphatic rings. The summed E-state index contributed by atoms with van der Waals surface area (Å²) in [6.07, 6.45) is 0.586. The molecule has 0 bridgehead atoms. The molecule has 1 atom stereocenters. The molecule has 0 unspecified atom stereocenters. The highest BCUT2D eigenvalue weighted by Crippen LogP contribution is 2.44. The van der Waals surface area contributed by atoms with Crippen molar-refractivity contribution >= 4 is 28.7 Å². The molecule has 0 radical (unpaired) electrons. The van der Waals surface area contributed by atoms with Crippen LogP contribution in [0, 0.1) is 0 Å². The van der Waals surface area contributed by atoms with Gasteiger partial charge < -0.3 is 10.1 Å². The van der Waals surface area contributed by atoms with Crippen LogP contribution in [0.5, 0.6) is 0 Å². The van der Waals surface area contributed by atoms with Crippen LogP contribution >= 0.6 is 22.6 Å². The first-order valence-electron chi connectivity index (χ1n) is 7.92. The van der Waals surface area contributed by atoms with E-state index in [0.717, 1.165) is 10.8 Å². The number of carbonyl (C=O) groups excluding carboxylic acids is 1. The Morgan fingerprint density at radius 1 is 1.13 bits per heavy atom. The molecule has 3 rings (SSSR count). The lowest BCUT2D eigenvalue weighted by atomic mass is 9.98. The van der Waals surface area contributed by atoms with E-state index in [-0.39, 0.29) is 18.1 Å². The first-order chi connectivity index (χ1) is 11.2. The maximum absolute atomic E-state index is 12.0. The van der Waals surface area contributed by atoms with E-state index in [1.54, 1.807) is 0 Å². The van der Waals surface area contributed by atoms with Crippen LogP contribution in [-0.4, -0.2) is 23.2 Å². The highest BCUT2D eigenvalue weighted by atomic mass is 127. The van der Waals surface area contributed by atoms with Crippen LogP contribution in [0.2, 0.25) is 0 Å². The quantitative estimate of drug-likeness (QED) is 0.560. The number of nitrogens with one attached hydrogen (secondary N) is 1. The number of carbonyl (C=O) groups is 1. The Labute approximate surface area is 150 Å². The zero-order chi connectivity index (χ0) is 16.2. The summed E-state index contributed by atoms with van der Waals surface area (Å²) in [5.41, 5.74) is 4.97. The van der Waals surface area contributed by atoms with Crippen molar-refractivity contribution in [1.82, 2.24) is 5.32 Å². The fourth-order valence-electron chi connectivity index (χ4n) is 3.06. The van der Waals surface area contributed by atoms with Crippen LogP contribution in [0.4, 0.5) is 4.79 Å². The SMILES string of the molecule is CC[C@H](CI)NC(=O)OCC1c2ccccc2-c2ccccc21. The Balaban J connectivity index is 1.75. The third-order valence-electron chi connectivity index (χ3n) is 4.34. The number of halogens is 1. The topological polar surface area (TPSA) is 38.3 Å². The molecule has 1 amide bonds. The molecule has 0 saturated carbocycles. The van der Waals surface area contributed by atoms with Gasteiger partial charge in [0.2, 0.25) is 0 Å². The predicted molar refractivity (Wildman–Crippen MR) is 101 cm³/mol. The zero-order valence-corrected chi connectivity index (χ0v) is 15.2. The Bertz CT molecular complexity index is 652. The normalized spacial score (nSPS) is 14.0. The van der Waals surface area contributed by atoms with E-state index in [1.165, 1.54) is 22.3 Å². The fourth-order valence-corrected chi connectivity index (χ4v) is 3.90. The highest BCUT2D eigenvalue weighted by molar-refractivity contribution is 14.1. The number of benzene rings is 2. The van der Waals surface area contributed by atoms with E-state index in [4.69, 9.17) is 4.74 Å². The molecule has 0 saturated heterocycles. The average Bonchev–Trinajstić information content (AvgIpc) is 2.92. The molecular formula is C19H20INO2. The molecular weight excluding hydrogens is 401 g/mol. The van der Waals surface area contributed by atoms with E-state index in [1.807, 2.05) is 12.1 Å². The van der Waals surface area contributed by atoms with Crippen LogP contribution in [0.15, 0.2) is 48.5 Å². The zero-order valence-electron chi connectivity index (χ0n) is 13.1. The van der Waals surface area contributed by atoms with Crippen molar-refractivity contribution in [2.75, 3.05) is 11.0 Å². The van der Waals surface area contributed by atoms with Crippen molar-refractivity contribution in [3.05, 3.63) is 59.7 Å². The molecule has 4 heteroatoms. The van der Waals surface area contributed by atoms with Gasteiger partial charge in [-0.05, 0) is 28.7 Å². The highest BCUT2D eigenvalue weighted by Gasteiger charge is 2.29. The lowest BCUT2D eigenvalue weighted by molar-refractivity contribution is 0.140. The van der Waals surface area contributed by atoms with E-state index < -0.39 is 0 Å². The number of alkyl carbamates (subject to hydrolysis) is 1. The van der Waals surface area contributed by atoms with Gasteiger partial charge in [0.1, 0.15) is 6.61 Å². The molecule has 0 heterocycles. The third-order valence-corrected chi connectivity index (χ3v) is 5.41. The minimum Gasteiger partial charge on any atom is -0.449 e. The number of alkyl halides is 1. The van der Waals surface area contributed by atoms with Gasteiger partial charge in [0.05, 0.1) is 0 Å². The van der Waals surface area contributed by atoms with Crippen LogP contribution in [0.3, 0.4) is 0 Å². The summed E-state index contributed by atoms with van der Waals surface area (Å²) < 4.78 is 6.41. The van der Waals surface area contributed by atoms with Crippen molar-refractivity contribution in [3.8, 4) is 11.1 Å². The summed E-state index contributed by atoms with van der Waals surface area (Å²) in [6.45, 7) is 2.44. The van der Waals surface area contributed by atoms with Crippen molar-refractivity contribution in [2.24, 2.45) is 0 Å². The molecule has 0 aliphatic heterocycles. The van der Waals surface area contributed by atoms with Gasteiger partial charge in [-0.1, -0.05) is 78.0 Å². The smallest absolute Gasteiger partial charge is 0.407 e. The van der Waals surface area contributed by atoms with Crippen molar-refractivity contribution in [1.29, 1.82) is 0 Å². The van der Waals surface area contributed by atoms with Gasteiger partial charge in [0.25, 0.3) is 0 Å². The Hall–Kier alpha value is -1.56. The fraction of sp³-hybridized carbons (Fsp3) is 0.316. The van der Waals surface area contributed by atoms with Gasteiger partial charge in [-0.3, -0.25) is 0 Å². The first-order valence-corrected chi connectivity index (χ1v) is 9.44. The number of hydrogen-bond acceptors (Lipinski definition) is 2. The molecule has 1 N–H and O–H groups in total. The van der Waals surface area contributed by atoms with Crippen molar-refractivity contribution in [3.63, 3.8) is 0 Å². The maximum Gasteiger partial charge on any atom is 0.407 e. The number of amides is 1. The first kappa shape index (κ1) is 16.3. The number of hydrogen-bond donors (Lipinski definition) is 1. The predicted octanol–water partition coefficient (Wildman–Crippen LogP) is 4.74. The second kappa shape index (κ2) is 7.34. The maximum atomic E-state index is 12.0. The minimum absolute atomic E-state index is 0.118. The summed E-state index contributed by atoms with van der Waals surface area (Å²) >= 11 is 2.28. The minimum atomic E-state index is -0.324. The molecule has 0 spiro atoms. The molecule has 3 nitrogen and oxygen atoms in total.